The minimum Gasteiger partial charge on any atom is -0.383 e. The normalized spacial score (nSPS) is 25.2. The van der Waals surface area contributed by atoms with E-state index in [4.69, 9.17) is 4.74 Å². The summed E-state index contributed by atoms with van der Waals surface area (Å²) < 4.78 is 4.94. The number of imide groups is 1. The largest absolute Gasteiger partial charge is 0.383 e. The number of carbonyl (C=O) groups excluding carboxylic acids is 3. The maximum absolute atomic E-state index is 12.9. The molecule has 1 aliphatic carbocycles. The van der Waals surface area contributed by atoms with Crippen LogP contribution in [0.15, 0.2) is 0 Å². The lowest BCUT2D eigenvalue weighted by Gasteiger charge is -2.29. The number of rotatable bonds is 4. The fourth-order valence-electron chi connectivity index (χ4n) is 4.05. The number of fused-ring (bicyclic) bond motifs is 1. The molecule has 140 valence electrons. The number of amides is 5. The van der Waals surface area contributed by atoms with E-state index >= 15 is 0 Å². The topological polar surface area (TPSA) is 82.2 Å². The minimum absolute atomic E-state index is 0.0321. The molecule has 3 fully saturated rings. The van der Waals surface area contributed by atoms with Crippen LogP contribution in [0, 0.1) is 0 Å². The molecule has 8 nitrogen and oxygen atoms in total. The van der Waals surface area contributed by atoms with Crippen molar-refractivity contribution in [2.75, 3.05) is 39.9 Å². The molecule has 0 aromatic rings. The molecule has 8 heteroatoms. The minimum atomic E-state index is -0.537. The van der Waals surface area contributed by atoms with E-state index in [0.717, 1.165) is 25.7 Å². The quantitative estimate of drug-likeness (QED) is 0.605. The van der Waals surface area contributed by atoms with Crippen molar-refractivity contribution < 1.29 is 19.1 Å². The van der Waals surface area contributed by atoms with Crippen LogP contribution in [-0.2, 0) is 9.53 Å². The number of urea groups is 2. The fourth-order valence-corrected chi connectivity index (χ4v) is 4.05. The average Bonchev–Trinajstić information content (AvgIpc) is 2.79. The molecule has 3 aliphatic rings. The number of nitrogens with one attached hydrogen (secondary N) is 1. The first kappa shape index (κ1) is 18.0. The lowest BCUT2D eigenvalue weighted by molar-refractivity contribution is -0.130. The van der Waals surface area contributed by atoms with Gasteiger partial charge in [0.15, 0.2) is 0 Å². The summed E-state index contributed by atoms with van der Waals surface area (Å²) in [6.07, 6.45) is 5.81. The zero-order chi connectivity index (χ0) is 17.8. The van der Waals surface area contributed by atoms with Crippen LogP contribution in [0.3, 0.4) is 0 Å². The number of methoxy groups -OCH3 is 1. The Labute approximate surface area is 148 Å². The molecule has 2 heterocycles. The summed E-state index contributed by atoms with van der Waals surface area (Å²) in [5, 5.41) is 2.80. The Morgan fingerprint density at radius 1 is 1.16 bits per heavy atom. The van der Waals surface area contributed by atoms with E-state index in [-0.39, 0.29) is 30.6 Å². The average molecular weight is 352 g/mol. The highest BCUT2D eigenvalue weighted by Crippen LogP contribution is 2.30. The van der Waals surface area contributed by atoms with Gasteiger partial charge in [-0.3, -0.25) is 9.69 Å². The first-order valence-corrected chi connectivity index (χ1v) is 9.29. The molecule has 0 aromatic heterocycles. The van der Waals surface area contributed by atoms with Crippen LogP contribution in [-0.4, -0.2) is 84.6 Å². The van der Waals surface area contributed by atoms with Gasteiger partial charge in [-0.1, -0.05) is 19.3 Å². The van der Waals surface area contributed by atoms with Gasteiger partial charge >= 0.3 is 12.1 Å². The summed E-state index contributed by atoms with van der Waals surface area (Å²) >= 11 is 0. The van der Waals surface area contributed by atoms with E-state index < -0.39 is 6.04 Å². The van der Waals surface area contributed by atoms with Crippen molar-refractivity contribution in [1.82, 2.24) is 20.0 Å². The summed E-state index contributed by atoms with van der Waals surface area (Å²) in [5.41, 5.74) is 0. The van der Waals surface area contributed by atoms with Gasteiger partial charge in [-0.15, -0.1) is 0 Å². The Bertz CT molecular complexity index is 521. The molecule has 0 aromatic carbocycles. The van der Waals surface area contributed by atoms with Crippen LogP contribution in [0.2, 0.25) is 0 Å². The number of hydrogen-bond acceptors (Lipinski definition) is 4. The zero-order valence-electron chi connectivity index (χ0n) is 14.9. The molecule has 1 saturated carbocycles. The van der Waals surface area contributed by atoms with Crippen LogP contribution in [0.4, 0.5) is 9.59 Å². The SMILES string of the molecule is COCCNC(=O)N1CCCN2C(=O)N(C3CCCCC3)C(=O)C2C1. The number of ether oxygens (including phenoxy) is 1. The third kappa shape index (κ3) is 3.73. The monoisotopic (exact) mass is 352 g/mol. The van der Waals surface area contributed by atoms with Crippen molar-refractivity contribution in [3.8, 4) is 0 Å². The van der Waals surface area contributed by atoms with Crippen molar-refractivity contribution in [3.63, 3.8) is 0 Å². The van der Waals surface area contributed by atoms with Gasteiger partial charge in [0.25, 0.3) is 5.91 Å². The second-order valence-corrected chi connectivity index (χ2v) is 7.02. The summed E-state index contributed by atoms with van der Waals surface area (Å²) in [7, 11) is 1.58. The van der Waals surface area contributed by atoms with Gasteiger partial charge in [0.05, 0.1) is 13.2 Å². The standard InChI is InChI=1S/C17H28N4O4/c1-25-11-8-18-16(23)19-9-5-10-20-14(12-19)15(22)21(17(20)24)13-6-3-2-4-7-13/h13-14H,2-12H2,1H3,(H,18,23). The summed E-state index contributed by atoms with van der Waals surface area (Å²) in [5.74, 6) is -0.131. The van der Waals surface area contributed by atoms with Gasteiger partial charge in [0.2, 0.25) is 0 Å². The fraction of sp³-hybridized carbons (Fsp3) is 0.824. The van der Waals surface area contributed by atoms with E-state index in [1.165, 1.54) is 11.3 Å². The molecule has 25 heavy (non-hydrogen) atoms. The summed E-state index contributed by atoms with van der Waals surface area (Å²) in [6.45, 7) is 2.23. The maximum atomic E-state index is 12.9. The molecule has 5 amide bonds. The van der Waals surface area contributed by atoms with E-state index in [1.54, 1.807) is 16.9 Å². The van der Waals surface area contributed by atoms with E-state index in [0.29, 0.717) is 32.7 Å². The van der Waals surface area contributed by atoms with Crippen LogP contribution in [0.5, 0.6) is 0 Å². The Kier molecular flexibility index (Phi) is 5.78. The first-order valence-electron chi connectivity index (χ1n) is 9.29. The van der Waals surface area contributed by atoms with E-state index in [1.807, 2.05) is 0 Å². The third-order valence-electron chi connectivity index (χ3n) is 5.38. The van der Waals surface area contributed by atoms with Crippen molar-refractivity contribution >= 4 is 18.0 Å². The Morgan fingerprint density at radius 3 is 2.64 bits per heavy atom. The maximum Gasteiger partial charge on any atom is 0.327 e. The zero-order valence-corrected chi connectivity index (χ0v) is 14.9. The van der Waals surface area contributed by atoms with Gasteiger partial charge in [0.1, 0.15) is 6.04 Å². The van der Waals surface area contributed by atoms with Gasteiger partial charge in [-0.05, 0) is 19.3 Å². The highest BCUT2D eigenvalue weighted by molar-refractivity contribution is 6.05. The van der Waals surface area contributed by atoms with Crippen molar-refractivity contribution in [2.24, 2.45) is 0 Å². The second kappa shape index (κ2) is 8.03. The van der Waals surface area contributed by atoms with E-state index in [2.05, 4.69) is 5.32 Å². The van der Waals surface area contributed by atoms with Crippen molar-refractivity contribution in [1.29, 1.82) is 0 Å². The van der Waals surface area contributed by atoms with Gasteiger partial charge in [-0.2, -0.15) is 0 Å². The van der Waals surface area contributed by atoms with Crippen LogP contribution in [0.1, 0.15) is 38.5 Å². The number of nitrogens with zero attached hydrogens (tertiary/aromatic N) is 3. The molecular formula is C17H28N4O4. The molecule has 1 unspecified atom stereocenters. The Hall–Kier alpha value is -1.83. The number of carbonyl (C=O) groups is 3. The smallest absolute Gasteiger partial charge is 0.327 e. The van der Waals surface area contributed by atoms with Gasteiger partial charge in [0, 0.05) is 32.8 Å². The van der Waals surface area contributed by atoms with E-state index in [9.17, 15) is 14.4 Å². The third-order valence-corrected chi connectivity index (χ3v) is 5.38. The molecule has 0 bridgehead atoms. The second-order valence-electron chi connectivity index (χ2n) is 7.02. The summed E-state index contributed by atoms with van der Waals surface area (Å²) in [4.78, 5) is 42.8. The van der Waals surface area contributed by atoms with Crippen LogP contribution < -0.4 is 5.32 Å². The Balaban J connectivity index is 1.67. The molecular weight excluding hydrogens is 324 g/mol. The molecule has 2 saturated heterocycles. The molecule has 0 spiro atoms. The molecule has 0 radical (unpaired) electrons. The number of hydrogen-bond donors (Lipinski definition) is 1. The highest BCUT2D eigenvalue weighted by atomic mass is 16.5. The van der Waals surface area contributed by atoms with Gasteiger partial charge < -0.3 is 19.9 Å². The first-order chi connectivity index (χ1) is 12.1. The lowest BCUT2D eigenvalue weighted by Crippen LogP contribution is -2.48. The van der Waals surface area contributed by atoms with Crippen LogP contribution >= 0.6 is 0 Å². The summed E-state index contributed by atoms with van der Waals surface area (Å²) in [6, 6.07) is -0.867. The molecule has 2 aliphatic heterocycles. The lowest BCUT2D eigenvalue weighted by atomic mass is 9.94. The molecule has 1 atom stereocenters. The molecule has 3 rings (SSSR count). The predicted molar refractivity (Wildman–Crippen MR) is 91.1 cm³/mol. The van der Waals surface area contributed by atoms with Crippen molar-refractivity contribution in [2.45, 2.75) is 50.6 Å². The van der Waals surface area contributed by atoms with Gasteiger partial charge in [-0.25, -0.2) is 9.59 Å². The molecule has 1 N–H and O–H groups in total. The Morgan fingerprint density at radius 2 is 1.92 bits per heavy atom. The van der Waals surface area contributed by atoms with Crippen molar-refractivity contribution in [3.05, 3.63) is 0 Å². The predicted octanol–water partition coefficient (Wildman–Crippen LogP) is 1.01. The van der Waals surface area contributed by atoms with Crippen LogP contribution in [0.25, 0.3) is 0 Å². The highest BCUT2D eigenvalue weighted by Gasteiger charge is 2.49.